The summed E-state index contributed by atoms with van der Waals surface area (Å²) in [6, 6.07) is 5.49. The average Bonchev–Trinajstić information content (AvgIpc) is 2.42. The third-order valence-corrected chi connectivity index (χ3v) is 2.59. The number of nitrogens with one attached hydrogen (secondary N) is 2. The van der Waals surface area contributed by atoms with Crippen LogP contribution < -0.4 is 15.4 Å². The molecule has 2 N–H and O–H groups in total. The summed E-state index contributed by atoms with van der Waals surface area (Å²) in [5.74, 6) is 3.91. The Kier molecular flexibility index (Phi) is 6.62. The summed E-state index contributed by atoms with van der Waals surface area (Å²) in [7, 11) is 1.61. The van der Waals surface area contributed by atoms with Gasteiger partial charge in [-0.1, -0.05) is 23.6 Å². The van der Waals surface area contributed by atoms with Crippen LogP contribution in [-0.4, -0.2) is 26.2 Å². The van der Waals surface area contributed by atoms with Gasteiger partial charge >= 0.3 is 0 Å². The fraction of sp³-hybridized carbons (Fsp3) is 0.357. The molecule has 0 bridgehead atoms. The van der Waals surface area contributed by atoms with Crippen LogP contribution >= 0.6 is 11.6 Å². The zero-order chi connectivity index (χ0) is 14.1. The Labute approximate surface area is 119 Å². The lowest BCUT2D eigenvalue weighted by Gasteiger charge is -2.10. The summed E-state index contributed by atoms with van der Waals surface area (Å²) in [5, 5.41) is 6.78. The first kappa shape index (κ1) is 15.2. The highest BCUT2D eigenvalue weighted by atomic mass is 35.5. The second-order valence-corrected chi connectivity index (χ2v) is 4.15. The van der Waals surface area contributed by atoms with E-state index in [0.29, 0.717) is 24.1 Å². The molecular formula is C14H18ClN3O. The highest BCUT2D eigenvalue weighted by molar-refractivity contribution is 6.30. The van der Waals surface area contributed by atoms with Crippen molar-refractivity contribution in [3.63, 3.8) is 0 Å². The van der Waals surface area contributed by atoms with Crippen LogP contribution in [0.4, 0.5) is 0 Å². The van der Waals surface area contributed by atoms with Crippen molar-refractivity contribution < 1.29 is 4.74 Å². The van der Waals surface area contributed by atoms with Crippen molar-refractivity contribution in [2.45, 2.75) is 13.5 Å². The van der Waals surface area contributed by atoms with Crippen LogP contribution in [0.5, 0.6) is 5.75 Å². The zero-order valence-corrected chi connectivity index (χ0v) is 11.9. The molecule has 1 rings (SSSR count). The third kappa shape index (κ3) is 5.11. The number of halogens is 1. The van der Waals surface area contributed by atoms with Crippen LogP contribution in [0.25, 0.3) is 0 Å². The molecule has 0 spiro atoms. The predicted molar refractivity (Wildman–Crippen MR) is 79.7 cm³/mol. The van der Waals surface area contributed by atoms with Crippen LogP contribution in [0.1, 0.15) is 12.5 Å². The van der Waals surface area contributed by atoms with Gasteiger partial charge in [-0.25, -0.2) is 4.99 Å². The number of ether oxygens (including phenoxy) is 1. The van der Waals surface area contributed by atoms with E-state index in [-0.39, 0.29) is 0 Å². The van der Waals surface area contributed by atoms with Gasteiger partial charge in [-0.15, -0.1) is 6.42 Å². The van der Waals surface area contributed by atoms with Crippen LogP contribution in [0.3, 0.4) is 0 Å². The van der Waals surface area contributed by atoms with Crippen molar-refractivity contribution in [1.82, 2.24) is 10.6 Å². The summed E-state index contributed by atoms with van der Waals surface area (Å²) in [6.45, 7) is 3.69. The number of rotatable bonds is 5. The maximum atomic E-state index is 5.91. The Morgan fingerprint density at radius 2 is 2.26 bits per heavy atom. The van der Waals surface area contributed by atoms with Crippen molar-refractivity contribution in [2.24, 2.45) is 4.99 Å². The summed E-state index contributed by atoms with van der Waals surface area (Å²) in [4.78, 5) is 4.44. The van der Waals surface area contributed by atoms with E-state index in [4.69, 9.17) is 22.8 Å². The average molecular weight is 280 g/mol. The fourth-order valence-electron chi connectivity index (χ4n) is 1.49. The van der Waals surface area contributed by atoms with Crippen LogP contribution in [-0.2, 0) is 6.54 Å². The van der Waals surface area contributed by atoms with Crippen molar-refractivity contribution in [3.05, 3.63) is 28.8 Å². The van der Waals surface area contributed by atoms with Gasteiger partial charge < -0.3 is 15.4 Å². The maximum absolute atomic E-state index is 5.91. The number of aliphatic imine (C=N–C) groups is 1. The van der Waals surface area contributed by atoms with Gasteiger partial charge in [0.15, 0.2) is 5.96 Å². The van der Waals surface area contributed by atoms with Gasteiger partial charge in [-0.2, -0.15) is 0 Å². The molecule has 4 nitrogen and oxygen atoms in total. The van der Waals surface area contributed by atoms with E-state index in [0.717, 1.165) is 17.9 Å². The number of methoxy groups -OCH3 is 1. The van der Waals surface area contributed by atoms with Gasteiger partial charge in [-0.05, 0) is 19.1 Å². The molecule has 0 fully saturated rings. The second-order valence-electron chi connectivity index (χ2n) is 3.71. The lowest BCUT2D eigenvalue weighted by atomic mass is 10.2. The van der Waals surface area contributed by atoms with Crippen molar-refractivity contribution in [2.75, 3.05) is 20.2 Å². The molecule has 0 unspecified atom stereocenters. The van der Waals surface area contributed by atoms with Gasteiger partial charge in [0.2, 0.25) is 0 Å². The van der Waals surface area contributed by atoms with E-state index in [1.165, 1.54) is 0 Å². The molecule has 0 aliphatic rings. The first-order chi connectivity index (χ1) is 9.21. The third-order valence-electron chi connectivity index (χ3n) is 2.36. The first-order valence-electron chi connectivity index (χ1n) is 5.99. The first-order valence-corrected chi connectivity index (χ1v) is 6.37. The summed E-state index contributed by atoms with van der Waals surface area (Å²) in [6.07, 6.45) is 5.21. The van der Waals surface area contributed by atoms with Gasteiger partial charge in [0.25, 0.3) is 0 Å². The van der Waals surface area contributed by atoms with E-state index >= 15 is 0 Å². The molecule has 1 aromatic carbocycles. The normalized spacial score (nSPS) is 10.7. The summed E-state index contributed by atoms with van der Waals surface area (Å²) in [5.41, 5.74) is 0.963. The molecule has 0 aromatic heterocycles. The number of nitrogens with zero attached hydrogens (tertiary/aromatic N) is 1. The minimum absolute atomic E-state index is 0.434. The van der Waals surface area contributed by atoms with Gasteiger partial charge in [0.1, 0.15) is 5.75 Å². The molecule has 1 aromatic rings. The van der Waals surface area contributed by atoms with Crippen LogP contribution in [0.15, 0.2) is 23.2 Å². The molecule has 0 aliphatic carbocycles. The largest absolute Gasteiger partial charge is 0.496 e. The molecular weight excluding hydrogens is 262 g/mol. The Bertz CT molecular complexity index is 480. The van der Waals surface area contributed by atoms with Gasteiger partial charge in [-0.3, -0.25) is 0 Å². The van der Waals surface area contributed by atoms with E-state index in [1.807, 2.05) is 19.1 Å². The minimum Gasteiger partial charge on any atom is -0.496 e. The van der Waals surface area contributed by atoms with Crippen molar-refractivity contribution in [3.8, 4) is 18.1 Å². The van der Waals surface area contributed by atoms with E-state index in [1.54, 1.807) is 13.2 Å². The number of guanidine groups is 1. The number of terminal acetylenes is 1. The Morgan fingerprint density at radius 1 is 1.47 bits per heavy atom. The Hall–Kier alpha value is -1.86. The number of hydrogen-bond acceptors (Lipinski definition) is 2. The molecule has 0 radical (unpaired) electrons. The van der Waals surface area contributed by atoms with Gasteiger partial charge in [0.05, 0.1) is 20.2 Å². The Morgan fingerprint density at radius 3 is 2.89 bits per heavy atom. The molecule has 102 valence electrons. The monoisotopic (exact) mass is 279 g/mol. The van der Waals surface area contributed by atoms with E-state index in [9.17, 15) is 0 Å². The standard InChI is InChI=1S/C14H18ClN3O/c1-4-8-17-14(16-5-2)18-10-11-6-7-12(15)9-13(11)19-3/h1,6-7,9H,5,8,10H2,2-3H3,(H2,16,17,18). The van der Waals surface area contributed by atoms with E-state index < -0.39 is 0 Å². The maximum Gasteiger partial charge on any atom is 0.192 e. The summed E-state index contributed by atoms with van der Waals surface area (Å²) < 4.78 is 5.27. The molecule has 0 aliphatic heterocycles. The highest BCUT2D eigenvalue weighted by Gasteiger charge is 2.04. The van der Waals surface area contributed by atoms with E-state index in [2.05, 4.69) is 21.5 Å². The molecule has 5 heteroatoms. The van der Waals surface area contributed by atoms with Gasteiger partial charge in [0, 0.05) is 17.1 Å². The molecule has 0 heterocycles. The highest BCUT2D eigenvalue weighted by Crippen LogP contribution is 2.23. The predicted octanol–water partition coefficient (Wildman–Crippen LogP) is 2.04. The van der Waals surface area contributed by atoms with Crippen molar-refractivity contribution >= 4 is 17.6 Å². The second kappa shape index (κ2) is 8.28. The quantitative estimate of drug-likeness (QED) is 0.493. The van der Waals surface area contributed by atoms with Crippen LogP contribution in [0.2, 0.25) is 5.02 Å². The van der Waals surface area contributed by atoms with Crippen molar-refractivity contribution in [1.29, 1.82) is 0 Å². The lowest BCUT2D eigenvalue weighted by molar-refractivity contribution is 0.410. The summed E-state index contributed by atoms with van der Waals surface area (Å²) >= 11 is 5.91. The molecule has 0 amide bonds. The molecule has 19 heavy (non-hydrogen) atoms. The lowest BCUT2D eigenvalue weighted by Crippen LogP contribution is -2.37. The molecule has 0 saturated carbocycles. The molecule has 0 atom stereocenters. The molecule has 0 saturated heterocycles. The number of benzene rings is 1. The zero-order valence-electron chi connectivity index (χ0n) is 11.2. The topological polar surface area (TPSA) is 45.7 Å². The van der Waals surface area contributed by atoms with Crippen LogP contribution in [0, 0.1) is 12.3 Å². The number of hydrogen-bond donors (Lipinski definition) is 2. The fourth-order valence-corrected chi connectivity index (χ4v) is 1.65. The smallest absolute Gasteiger partial charge is 0.192 e. The SMILES string of the molecule is C#CCNC(=NCc1ccc(Cl)cc1OC)NCC. The minimum atomic E-state index is 0.434. The Balaban J connectivity index is 2.79.